The summed E-state index contributed by atoms with van der Waals surface area (Å²) in [5.74, 6) is -0.686. The van der Waals surface area contributed by atoms with Crippen molar-refractivity contribution in [3.63, 3.8) is 0 Å². The number of carboxylic acid groups (broad SMARTS) is 1. The van der Waals surface area contributed by atoms with Gasteiger partial charge in [0.2, 0.25) is 0 Å². The molecule has 28 heavy (non-hydrogen) atoms. The number of ether oxygens (including phenoxy) is 1. The van der Waals surface area contributed by atoms with E-state index in [4.69, 9.17) is 4.74 Å². The lowest BCUT2D eigenvalue weighted by atomic mass is 9.79. The van der Waals surface area contributed by atoms with Gasteiger partial charge in [-0.05, 0) is 42.8 Å². The van der Waals surface area contributed by atoms with E-state index in [1.165, 1.54) is 26.2 Å². The second-order valence-electron chi connectivity index (χ2n) is 6.29. The minimum absolute atomic E-state index is 0.143. The highest BCUT2D eigenvalue weighted by atomic mass is 16.5. The van der Waals surface area contributed by atoms with E-state index in [-0.39, 0.29) is 11.3 Å². The Morgan fingerprint density at radius 2 is 1.68 bits per heavy atom. The SMILES string of the molecule is COc1cncc(C(Nc2ccccc2)(C(C)=O)c2ccc(C(=O)O)cc2)c1. The first-order valence-electron chi connectivity index (χ1n) is 8.65. The van der Waals surface area contributed by atoms with Crippen molar-refractivity contribution in [1.82, 2.24) is 4.98 Å². The van der Waals surface area contributed by atoms with Gasteiger partial charge in [0.15, 0.2) is 5.78 Å². The van der Waals surface area contributed by atoms with Gasteiger partial charge in [-0.3, -0.25) is 9.78 Å². The number of ketones is 1. The molecule has 1 unspecified atom stereocenters. The van der Waals surface area contributed by atoms with Crippen LogP contribution in [0.15, 0.2) is 73.1 Å². The van der Waals surface area contributed by atoms with Crippen LogP contribution in [0.3, 0.4) is 0 Å². The average Bonchev–Trinajstić information content (AvgIpc) is 2.72. The van der Waals surface area contributed by atoms with Crippen molar-refractivity contribution in [3.8, 4) is 5.75 Å². The number of Topliss-reactive ketones (excluding diaryl/α,β-unsaturated/α-hetero) is 1. The monoisotopic (exact) mass is 376 g/mol. The fourth-order valence-corrected chi connectivity index (χ4v) is 3.14. The van der Waals surface area contributed by atoms with E-state index in [2.05, 4.69) is 10.3 Å². The summed E-state index contributed by atoms with van der Waals surface area (Å²) in [4.78, 5) is 28.5. The average molecular weight is 376 g/mol. The number of aromatic carboxylic acids is 1. The number of anilines is 1. The lowest BCUT2D eigenvalue weighted by Gasteiger charge is -2.34. The molecule has 0 aliphatic heterocycles. The maximum atomic E-state index is 13.0. The number of methoxy groups -OCH3 is 1. The molecule has 3 aromatic rings. The Kier molecular flexibility index (Phi) is 5.40. The highest BCUT2D eigenvalue weighted by molar-refractivity contribution is 5.95. The number of carboxylic acids is 1. The standard InChI is InChI=1S/C22H20N2O4/c1-15(25)22(24-19-6-4-3-5-7-19,18-12-20(28-2)14-23-13-18)17-10-8-16(9-11-17)21(26)27/h3-14,24H,1-2H3,(H,26,27). The van der Waals surface area contributed by atoms with E-state index in [1.807, 2.05) is 30.3 Å². The number of pyridine rings is 1. The van der Waals surface area contributed by atoms with E-state index in [0.29, 0.717) is 16.9 Å². The first-order chi connectivity index (χ1) is 13.5. The van der Waals surface area contributed by atoms with Crippen LogP contribution in [0.25, 0.3) is 0 Å². The molecular formula is C22H20N2O4. The molecule has 1 heterocycles. The summed E-state index contributed by atoms with van der Waals surface area (Å²) in [5.41, 5.74) is 0.808. The molecule has 0 saturated carbocycles. The second-order valence-corrected chi connectivity index (χ2v) is 6.29. The number of aromatic nitrogens is 1. The zero-order chi connectivity index (χ0) is 20.1. The summed E-state index contributed by atoms with van der Waals surface area (Å²) in [5, 5.41) is 12.5. The molecule has 0 amide bonds. The number of rotatable bonds is 7. The van der Waals surface area contributed by atoms with Gasteiger partial charge >= 0.3 is 5.97 Å². The number of nitrogens with zero attached hydrogens (tertiary/aromatic N) is 1. The number of hydrogen-bond donors (Lipinski definition) is 2. The van der Waals surface area contributed by atoms with E-state index in [1.54, 1.807) is 30.6 Å². The molecule has 6 nitrogen and oxygen atoms in total. The number of benzene rings is 2. The van der Waals surface area contributed by atoms with E-state index < -0.39 is 11.5 Å². The summed E-state index contributed by atoms with van der Waals surface area (Å²) in [6.45, 7) is 1.49. The van der Waals surface area contributed by atoms with Crippen LogP contribution in [-0.4, -0.2) is 29.0 Å². The Morgan fingerprint density at radius 1 is 1.00 bits per heavy atom. The van der Waals surface area contributed by atoms with Crippen LogP contribution in [0, 0.1) is 0 Å². The van der Waals surface area contributed by atoms with Crippen molar-refractivity contribution in [2.24, 2.45) is 0 Å². The van der Waals surface area contributed by atoms with Crippen LogP contribution in [0.4, 0.5) is 5.69 Å². The molecular weight excluding hydrogens is 356 g/mol. The van der Waals surface area contributed by atoms with Gasteiger partial charge in [-0.1, -0.05) is 30.3 Å². The van der Waals surface area contributed by atoms with Crippen LogP contribution in [0.1, 0.15) is 28.4 Å². The third kappa shape index (κ3) is 3.57. The molecule has 0 saturated heterocycles. The van der Waals surface area contributed by atoms with Crippen LogP contribution in [0.2, 0.25) is 0 Å². The molecule has 0 aliphatic rings. The predicted octanol–water partition coefficient (Wildman–Crippen LogP) is 3.73. The summed E-state index contributed by atoms with van der Waals surface area (Å²) < 4.78 is 5.29. The van der Waals surface area contributed by atoms with Crippen molar-refractivity contribution < 1.29 is 19.4 Å². The zero-order valence-corrected chi connectivity index (χ0v) is 15.5. The molecule has 0 radical (unpaired) electrons. The van der Waals surface area contributed by atoms with Crippen LogP contribution in [0.5, 0.6) is 5.75 Å². The summed E-state index contributed by atoms with van der Waals surface area (Å²) in [6, 6.07) is 17.3. The third-order valence-corrected chi connectivity index (χ3v) is 4.58. The first kappa shape index (κ1) is 19.1. The van der Waals surface area contributed by atoms with Gasteiger partial charge in [0.05, 0.1) is 18.9 Å². The number of carbonyl (C=O) groups excluding carboxylic acids is 1. The van der Waals surface area contributed by atoms with Crippen LogP contribution in [-0.2, 0) is 10.3 Å². The van der Waals surface area contributed by atoms with Gasteiger partial charge in [-0.25, -0.2) is 4.79 Å². The summed E-state index contributed by atoms with van der Waals surface area (Å²) >= 11 is 0. The number of carbonyl (C=O) groups is 2. The van der Waals surface area contributed by atoms with Crippen molar-refractivity contribution >= 4 is 17.4 Å². The third-order valence-electron chi connectivity index (χ3n) is 4.58. The van der Waals surface area contributed by atoms with Crippen LogP contribution < -0.4 is 10.1 Å². The molecule has 3 rings (SSSR count). The minimum atomic E-state index is -1.26. The normalized spacial score (nSPS) is 12.6. The summed E-state index contributed by atoms with van der Waals surface area (Å²) in [6.07, 6.45) is 3.16. The highest BCUT2D eigenvalue weighted by Gasteiger charge is 2.40. The largest absolute Gasteiger partial charge is 0.495 e. The molecule has 142 valence electrons. The fourth-order valence-electron chi connectivity index (χ4n) is 3.14. The van der Waals surface area contributed by atoms with Gasteiger partial charge < -0.3 is 15.2 Å². The highest BCUT2D eigenvalue weighted by Crippen LogP contribution is 2.36. The fraction of sp³-hybridized carbons (Fsp3) is 0.136. The van der Waals surface area contributed by atoms with Gasteiger partial charge in [-0.2, -0.15) is 0 Å². The Morgan fingerprint density at radius 3 is 2.25 bits per heavy atom. The quantitative estimate of drug-likeness (QED) is 0.653. The van der Waals surface area contributed by atoms with E-state index in [0.717, 1.165) is 5.69 Å². The molecule has 1 atom stereocenters. The van der Waals surface area contributed by atoms with Crippen molar-refractivity contribution in [1.29, 1.82) is 0 Å². The minimum Gasteiger partial charge on any atom is -0.495 e. The Bertz CT molecular complexity index is 987. The summed E-state index contributed by atoms with van der Waals surface area (Å²) in [7, 11) is 1.53. The van der Waals surface area contributed by atoms with E-state index in [9.17, 15) is 14.7 Å². The van der Waals surface area contributed by atoms with Gasteiger partial charge in [-0.15, -0.1) is 0 Å². The van der Waals surface area contributed by atoms with Crippen LogP contribution >= 0.6 is 0 Å². The smallest absolute Gasteiger partial charge is 0.335 e. The van der Waals surface area contributed by atoms with Gasteiger partial charge in [0.1, 0.15) is 11.3 Å². The molecule has 2 aromatic carbocycles. The van der Waals surface area contributed by atoms with Crippen molar-refractivity contribution in [3.05, 3.63) is 89.7 Å². The molecule has 1 aromatic heterocycles. The lowest BCUT2D eigenvalue weighted by Crippen LogP contribution is -2.43. The zero-order valence-electron chi connectivity index (χ0n) is 15.5. The lowest BCUT2D eigenvalue weighted by molar-refractivity contribution is -0.120. The molecule has 0 fully saturated rings. The Hall–Kier alpha value is -3.67. The Balaban J connectivity index is 2.23. The Labute approximate surface area is 162 Å². The predicted molar refractivity (Wildman–Crippen MR) is 106 cm³/mol. The maximum Gasteiger partial charge on any atom is 0.335 e. The molecule has 0 spiro atoms. The van der Waals surface area contributed by atoms with E-state index >= 15 is 0 Å². The molecule has 2 N–H and O–H groups in total. The van der Waals surface area contributed by atoms with Crippen molar-refractivity contribution in [2.75, 3.05) is 12.4 Å². The second kappa shape index (κ2) is 7.92. The maximum absolute atomic E-state index is 13.0. The van der Waals surface area contributed by atoms with Gasteiger partial charge in [0, 0.05) is 17.4 Å². The number of para-hydroxylation sites is 1. The molecule has 0 aliphatic carbocycles. The number of nitrogens with one attached hydrogen (secondary N) is 1. The molecule has 0 bridgehead atoms. The van der Waals surface area contributed by atoms with Gasteiger partial charge in [0.25, 0.3) is 0 Å². The first-order valence-corrected chi connectivity index (χ1v) is 8.65. The van der Waals surface area contributed by atoms with Crippen molar-refractivity contribution in [2.45, 2.75) is 12.5 Å². The molecule has 6 heteroatoms. The topological polar surface area (TPSA) is 88.5 Å². The number of hydrogen-bond acceptors (Lipinski definition) is 5.